The van der Waals surface area contributed by atoms with Crippen molar-refractivity contribution in [1.29, 1.82) is 0 Å². The van der Waals surface area contributed by atoms with Crippen LogP contribution in [0.3, 0.4) is 0 Å². The van der Waals surface area contributed by atoms with E-state index in [9.17, 15) is 17.6 Å². The number of nitrogens with two attached hydrogens (primary N) is 1. The zero-order valence-corrected chi connectivity index (χ0v) is 9.03. The second kappa shape index (κ2) is 4.82. The first-order valence-corrected chi connectivity index (χ1v) is 4.93. The van der Waals surface area contributed by atoms with Crippen LogP contribution in [0.2, 0.25) is 0 Å². The van der Waals surface area contributed by atoms with Crippen LogP contribution in [0, 0.1) is 29.2 Å². The van der Waals surface area contributed by atoms with Crippen LogP contribution in [0.4, 0.5) is 17.6 Å². The van der Waals surface area contributed by atoms with Crippen molar-refractivity contribution in [3.63, 3.8) is 0 Å². The zero-order valence-electron chi connectivity index (χ0n) is 9.03. The minimum absolute atomic E-state index is 0.144. The molecular weight excluding hydrogens is 222 g/mol. The van der Waals surface area contributed by atoms with Crippen LogP contribution in [-0.2, 0) is 0 Å². The van der Waals surface area contributed by atoms with E-state index in [2.05, 4.69) is 0 Å². The van der Waals surface area contributed by atoms with Gasteiger partial charge in [0.15, 0.2) is 23.3 Å². The van der Waals surface area contributed by atoms with Gasteiger partial charge in [-0.05, 0) is 18.4 Å². The van der Waals surface area contributed by atoms with Gasteiger partial charge in [-0.15, -0.1) is 0 Å². The molecule has 0 spiro atoms. The molecule has 2 N–H and O–H groups in total. The Morgan fingerprint density at radius 3 is 2.12 bits per heavy atom. The van der Waals surface area contributed by atoms with Crippen LogP contribution >= 0.6 is 0 Å². The van der Waals surface area contributed by atoms with Gasteiger partial charge < -0.3 is 5.73 Å². The van der Waals surface area contributed by atoms with Gasteiger partial charge in [-0.1, -0.05) is 13.8 Å². The van der Waals surface area contributed by atoms with Crippen LogP contribution in [-0.4, -0.2) is 0 Å². The van der Waals surface area contributed by atoms with E-state index in [1.54, 1.807) is 0 Å². The highest BCUT2D eigenvalue weighted by atomic mass is 19.2. The Labute approximate surface area is 91.3 Å². The van der Waals surface area contributed by atoms with Gasteiger partial charge in [-0.2, -0.15) is 0 Å². The topological polar surface area (TPSA) is 26.0 Å². The third kappa shape index (κ3) is 2.52. The molecule has 1 nitrogen and oxygen atoms in total. The van der Waals surface area contributed by atoms with E-state index in [1.807, 2.05) is 13.8 Å². The lowest BCUT2D eigenvalue weighted by Crippen LogP contribution is -2.16. The molecule has 0 aromatic heterocycles. The summed E-state index contributed by atoms with van der Waals surface area (Å²) >= 11 is 0. The Bertz CT molecular complexity index is 390. The van der Waals surface area contributed by atoms with Crippen LogP contribution in [0.5, 0.6) is 0 Å². The van der Waals surface area contributed by atoms with Gasteiger partial charge in [0.2, 0.25) is 0 Å². The van der Waals surface area contributed by atoms with Crippen molar-refractivity contribution in [3.05, 3.63) is 34.9 Å². The molecule has 1 rings (SSSR count). The summed E-state index contributed by atoms with van der Waals surface area (Å²) in [6.07, 6.45) is 0.363. The van der Waals surface area contributed by atoms with Gasteiger partial charge in [0.05, 0.1) is 0 Å². The lowest BCUT2D eigenvalue weighted by atomic mass is 9.97. The predicted octanol–water partition coefficient (Wildman–Crippen LogP) is 3.29. The van der Waals surface area contributed by atoms with Crippen molar-refractivity contribution in [3.8, 4) is 0 Å². The molecule has 0 bridgehead atoms. The molecule has 0 aliphatic rings. The molecule has 1 aromatic carbocycles. The van der Waals surface area contributed by atoms with Crippen LogP contribution in [0.1, 0.15) is 31.9 Å². The number of halogens is 4. The lowest BCUT2D eigenvalue weighted by molar-refractivity contribution is 0.393. The molecule has 16 heavy (non-hydrogen) atoms. The molecule has 0 saturated carbocycles. The van der Waals surface area contributed by atoms with Crippen LogP contribution < -0.4 is 5.73 Å². The van der Waals surface area contributed by atoms with Gasteiger partial charge in [0.25, 0.3) is 0 Å². The highest BCUT2D eigenvalue weighted by molar-refractivity contribution is 5.24. The summed E-state index contributed by atoms with van der Waals surface area (Å²) in [5, 5.41) is 0. The van der Waals surface area contributed by atoms with Gasteiger partial charge >= 0.3 is 0 Å². The Balaban J connectivity index is 3.14. The second-order valence-electron chi connectivity index (χ2n) is 4.13. The summed E-state index contributed by atoms with van der Waals surface area (Å²) in [6.45, 7) is 3.68. The zero-order chi connectivity index (χ0) is 12.5. The van der Waals surface area contributed by atoms with E-state index in [1.165, 1.54) is 0 Å². The fraction of sp³-hybridized carbons (Fsp3) is 0.455. The standard InChI is InChI=1S/C11H13F4N/c1-5(2)3-8(16)6-4-7(12)10(14)11(15)9(6)13/h4-5,8H,3,16H2,1-2H3. The van der Waals surface area contributed by atoms with E-state index >= 15 is 0 Å². The average Bonchev–Trinajstić information content (AvgIpc) is 2.19. The highest BCUT2D eigenvalue weighted by Gasteiger charge is 2.22. The molecule has 90 valence electrons. The molecule has 1 atom stereocenters. The minimum Gasteiger partial charge on any atom is -0.324 e. The van der Waals surface area contributed by atoms with Gasteiger partial charge in [-0.3, -0.25) is 0 Å². The summed E-state index contributed by atoms with van der Waals surface area (Å²) in [6, 6.07) is -0.231. The van der Waals surface area contributed by atoms with Crippen LogP contribution in [0.15, 0.2) is 6.07 Å². The Morgan fingerprint density at radius 2 is 1.62 bits per heavy atom. The quantitative estimate of drug-likeness (QED) is 0.485. The van der Waals surface area contributed by atoms with E-state index in [-0.39, 0.29) is 11.5 Å². The van der Waals surface area contributed by atoms with Crippen molar-refractivity contribution in [1.82, 2.24) is 0 Å². The summed E-state index contributed by atoms with van der Waals surface area (Å²) in [7, 11) is 0. The maximum atomic E-state index is 13.3. The van der Waals surface area contributed by atoms with Crippen LogP contribution in [0.25, 0.3) is 0 Å². The molecule has 0 saturated heterocycles. The molecule has 1 aromatic rings. The monoisotopic (exact) mass is 235 g/mol. The van der Waals surface area contributed by atoms with Crippen molar-refractivity contribution < 1.29 is 17.6 Å². The van der Waals surface area contributed by atoms with Gasteiger partial charge in [0.1, 0.15) is 0 Å². The number of rotatable bonds is 3. The van der Waals surface area contributed by atoms with Gasteiger partial charge in [-0.25, -0.2) is 17.6 Å². The molecule has 0 amide bonds. The second-order valence-corrected chi connectivity index (χ2v) is 4.13. The van der Waals surface area contributed by atoms with E-state index in [4.69, 9.17) is 5.73 Å². The van der Waals surface area contributed by atoms with E-state index in [0.717, 1.165) is 0 Å². The maximum Gasteiger partial charge on any atom is 0.197 e. The summed E-state index contributed by atoms with van der Waals surface area (Å²) in [4.78, 5) is 0. The van der Waals surface area contributed by atoms with E-state index in [0.29, 0.717) is 12.5 Å². The minimum atomic E-state index is -1.81. The Hall–Kier alpha value is -1.10. The summed E-state index contributed by atoms with van der Waals surface area (Å²) < 4.78 is 51.7. The fourth-order valence-electron chi connectivity index (χ4n) is 1.50. The lowest BCUT2D eigenvalue weighted by Gasteiger charge is -2.15. The first kappa shape index (κ1) is 13.0. The molecular formula is C11H13F4N. The summed E-state index contributed by atoms with van der Waals surface area (Å²) in [5.41, 5.74) is 5.26. The van der Waals surface area contributed by atoms with Crippen molar-refractivity contribution in [2.24, 2.45) is 11.7 Å². The summed E-state index contributed by atoms with van der Waals surface area (Å²) in [5.74, 6) is -6.31. The molecule has 0 heterocycles. The Kier molecular flexibility index (Phi) is 3.91. The third-order valence-electron chi connectivity index (χ3n) is 2.26. The number of hydrogen-bond donors (Lipinski definition) is 1. The molecule has 0 fully saturated rings. The molecule has 0 radical (unpaired) electrons. The highest BCUT2D eigenvalue weighted by Crippen LogP contribution is 2.26. The number of benzene rings is 1. The number of hydrogen-bond acceptors (Lipinski definition) is 1. The normalized spacial score (nSPS) is 13.2. The predicted molar refractivity (Wildman–Crippen MR) is 52.7 cm³/mol. The smallest absolute Gasteiger partial charge is 0.197 e. The fourth-order valence-corrected chi connectivity index (χ4v) is 1.50. The van der Waals surface area contributed by atoms with Crippen molar-refractivity contribution in [2.75, 3.05) is 0 Å². The third-order valence-corrected chi connectivity index (χ3v) is 2.26. The molecule has 0 aliphatic carbocycles. The van der Waals surface area contributed by atoms with Crippen molar-refractivity contribution >= 4 is 0 Å². The van der Waals surface area contributed by atoms with Gasteiger partial charge in [0, 0.05) is 11.6 Å². The first-order chi connectivity index (χ1) is 7.34. The SMILES string of the molecule is CC(C)CC(N)c1cc(F)c(F)c(F)c1F. The maximum absolute atomic E-state index is 13.3. The molecule has 1 unspecified atom stereocenters. The Morgan fingerprint density at radius 1 is 1.06 bits per heavy atom. The van der Waals surface area contributed by atoms with E-state index < -0.39 is 29.3 Å². The average molecular weight is 235 g/mol. The molecule has 0 aliphatic heterocycles. The van der Waals surface area contributed by atoms with Crippen molar-refractivity contribution in [2.45, 2.75) is 26.3 Å². The largest absolute Gasteiger partial charge is 0.324 e. The first-order valence-electron chi connectivity index (χ1n) is 4.93. The molecule has 5 heteroatoms.